The maximum atomic E-state index is 12.9. The molecule has 0 aromatic heterocycles. The fourth-order valence-corrected chi connectivity index (χ4v) is 5.43. The molecular formula is C18H28N2O5S. The van der Waals surface area contributed by atoms with Crippen LogP contribution >= 0.6 is 0 Å². The van der Waals surface area contributed by atoms with Gasteiger partial charge in [-0.05, 0) is 25.3 Å². The summed E-state index contributed by atoms with van der Waals surface area (Å²) in [5.41, 5.74) is 2.39. The van der Waals surface area contributed by atoms with Crippen LogP contribution in [-0.2, 0) is 19.3 Å². The third-order valence-corrected chi connectivity index (χ3v) is 7.72. The van der Waals surface area contributed by atoms with Crippen molar-refractivity contribution < 1.29 is 23.0 Å². The number of likely N-dealkylation sites (N-methyl/N-ethyl adjacent to an activating group) is 1. The highest BCUT2D eigenvalue weighted by atomic mass is 32.2. The Balaban J connectivity index is 2.24. The van der Waals surface area contributed by atoms with Crippen LogP contribution in [0.3, 0.4) is 0 Å². The Morgan fingerprint density at radius 3 is 2.65 bits per heavy atom. The zero-order chi connectivity index (χ0) is 18.9. The minimum Gasteiger partial charge on any atom is -0.489 e. The van der Waals surface area contributed by atoms with E-state index in [0.29, 0.717) is 57.0 Å². The number of aliphatic hydroxyl groups is 1. The van der Waals surface area contributed by atoms with Crippen molar-refractivity contribution in [3.05, 3.63) is 22.7 Å². The van der Waals surface area contributed by atoms with Gasteiger partial charge in [0.25, 0.3) is 0 Å². The van der Waals surface area contributed by atoms with E-state index in [9.17, 15) is 13.5 Å². The number of aliphatic imine (C=N–C) groups is 1. The smallest absolute Gasteiger partial charge is 0.165 e. The number of aliphatic hydroxyl groups excluding tert-OH is 1. The van der Waals surface area contributed by atoms with Crippen molar-refractivity contribution in [2.45, 2.75) is 43.4 Å². The maximum Gasteiger partial charge on any atom is 0.165 e. The number of sulfone groups is 1. The van der Waals surface area contributed by atoms with Gasteiger partial charge in [-0.25, -0.2) is 8.42 Å². The second kappa shape index (κ2) is 7.32. The third kappa shape index (κ3) is 3.18. The average Bonchev–Trinajstić information content (AvgIpc) is 2.86. The van der Waals surface area contributed by atoms with Crippen LogP contribution in [0.2, 0.25) is 0 Å². The van der Waals surface area contributed by atoms with Gasteiger partial charge in [0.15, 0.2) is 15.6 Å². The molecule has 1 unspecified atom stereocenters. The molecule has 1 atom stereocenters. The van der Waals surface area contributed by atoms with E-state index >= 15 is 0 Å². The molecule has 2 fully saturated rings. The molecule has 0 bridgehead atoms. The van der Waals surface area contributed by atoms with Crippen molar-refractivity contribution in [3.8, 4) is 0 Å². The molecule has 0 radical (unpaired) electrons. The molecule has 1 N–H and O–H groups in total. The van der Waals surface area contributed by atoms with Crippen molar-refractivity contribution in [3.63, 3.8) is 0 Å². The number of hydrogen-bond acceptors (Lipinski definition) is 7. The molecule has 0 aliphatic carbocycles. The molecule has 0 saturated carbocycles. The fraction of sp³-hybridized carbons (Fsp3) is 0.722. The van der Waals surface area contributed by atoms with Crippen LogP contribution in [0.1, 0.15) is 32.6 Å². The van der Waals surface area contributed by atoms with Gasteiger partial charge in [-0.15, -0.1) is 0 Å². The molecule has 0 spiro atoms. The normalized spacial score (nSPS) is 26.9. The van der Waals surface area contributed by atoms with Gasteiger partial charge in [-0.2, -0.15) is 0 Å². The SMILES string of the molecule is CC1=C2C(=C(C3(S(C)(=O)=O)CCOCC3)N=CC1)OCCC(CO)N2C. The summed E-state index contributed by atoms with van der Waals surface area (Å²) in [6.07, 6.45) is 5.06. The van der Waals surface area contributed by atoms with Gasteiger partial charge in [0.1, 0.15) is 10.4 Å². The molecular weight excluding hydrogens is 356 g/mol. The topological polar surface area (TPSA) is 88.4 Å². The predicted molar refractivity (Wildman–Crippen MR) is 99.7 cm³/mol. The molecule has 3 aliphatic rings. The largest absolute Gasteiger partial charge is 0.489 e. The molecule has 0 aromatic rings. The summed E-state index contributed by atoms with van der Waals surface area (Å²) in [4.78, 5) is 6.63. The summed E-state index contributed by atoms with van der Waals surface area (Å²) in [7, 11) is -1.52. The molecule has 0 aromatic carbocycles. The number of allylic oxidation sites excluding steroid dienone is 1. The highest BCUT2D eigenvalue weighted by molar-refractivity contribution is 7.92. The molecule has 3 heterocycles. The zero-order valence-electron chi connectivity index (χ0n) is 15.7. The molecule has 2 saturated heterocycles. The molecule has 146 valence electrons. The van der Waals surface area contributed by atoms with Crippen LogP contribution in [0, 0.1) is 0 Å². The maximum absolute atomic E-state index is 12.9. The van der Waals surface area contributed by atoms with E-state index in [0.717, 1.165) is 11.3 Å². The van der Waals surface area contributed by atoms with E-state index in [1.165, 1.54) is 6.26 Å². The summed E-state index contributed by atoms with van der Waals surface area (Å²) in [5, 5.41) is 9.75. The van der Waals surface area contributed by atoms with Crippen molar-refractivity contribution in [1.82, 2.24) is 4.90 Å². The number of hydrogen-bond donors (Lipinski definition) is 1. The fourth-order valence-electron chi connectivity index (χ4n) is 4.03. The summed E-state index contributed by atoms with van der Waals surface area (Å²) in [5.74, 6) is 0.544. The number of ether oxygens (including phenoxy) is 2. The van der Waals surface area contributed by atoms with Crippen molar-refractivity contribution in [2.24, 2.45) is 4.99 Å². The lowest BCUT2D eigenvalue weighted by molar-refractivity contribution is 0.0806. The van der Waals surface area contributed by atoms with E-state index in [1.807, 2.05) is 18.9 Å². The van der Waals surface area contributed by atoms with Gasteiger partial charge in [0.05, 0.1) is 25.0 Å². The van der Waals surface area contributed by atoms with E-state index in [4.69, 9.17) is 9.47 Å². The Bertz CT molecular complexity index is 748. The van der Waals surface area contributed by atoms with Crippen LogP contribution in [0.4, 0.5) is 0 Å². The first-order chi connectivity index (χ1) is 12.3. The van der Waals surface area contributed by atoms with Crippen LogP contribution in [0.15, 0.2) is 27.7 Å². The molecule has 8 heteroatoms. The van der Waals surface area contributed by atoms with Crippen molar-refractivity contribution in [2.75, 3.05) is 39.7 Å². The minimum atomic E-state index is -3.44. The summed E-state index contributed by atoms with van der Waals surface area (Å²) in [6.45, 7) is 3.20. The Morgan fingerprint density at radius 1 is 1.35 bits per heavy atom. The van der Waals surface area contributed by atoms with E-state index < -0.39 is 14.6 Å². The monoisotopic (exact) mass is 384 g/mol. The van der Waals surface area contributed by atoms with Gasteiger partial charge in [-0.1, -0.05) is 0 Å². The third-order valence-electron chi connectivity index (χ3n) is 5.70. The number of nitrogens with zero attached hydrogens (tertiary/aromatic N) is 2. The minimum absolute atomic E-state index is 0.0190. The molecule has 26 heavy (non-hydrogen) atoms. The Hall–Kier alpha value is -1.38. The first-order valence-corrected chi connectivity index (χ1v) is 10.9. The molecule has 0 amide bonds. The molecule has 3 rings (SSSR count). The summed E-state index contributed by atoms with van der Waals surface area (Å²) < 4.78 is 36.2. The van der Waals surface area contributed by atoms with Gasteiger partial charge >= 0.3 is 0 Å². The van der Waals surface area contributed by atoms with E-state index in [1.54, 1.807) is 6.21 Å². The molecule has 3 aliphatic heterocycles. The standard InChI is InChI=1S/C18H28N2O5S/c1-13-4-8-19-17(18(26(3,22)23)6-10-24-11-7-18)16-15(13)20(2)14(12-21)5-9-25-16/h8,14,21H,4-7,9-12H2,1-3H3. The second-order valence-electron chi connectivity index (χ2n) is 7.29. The van der Waals surface area contributed by atoms with Crippen molar-refractivity contribution >= 4 is 16.1 Å². The average molecular weight is 384 g/mol. The van der Waals surface area contributed by atoms with Gasteiger partial charge < -0.3 is 19.5 Å². The summed E-state index contributed by atoms with van der Waals surface area (Å²) in [6, 6.07) is -0.0688. The van der Waals surface area contributed by atoms with Gasteiger partial charge in [0, 0.05) is 45.6 Å². The lowest BCUT2D eigenvalue weighted by Crippen LogP contribution is -2.45. The Morgan fingerprint density at radius 2 is 2.04 bits per heavy atom. The predicted octanol–water partition coefficient (Wildman–Crippen LogP) is 1.25. The summed E-state index contributed by atoms with van der Waals surface area (Å²) >= 11 is 0. The Labute approximate surface area is 155 Å². The van der Waals surface area contributed by atoms with E-state index in [-0.39, 0.29) is 12.6 Å². The van der Waals surface area contributed by atoms with Crippen molar-refractivity contribution in [1.29, 1.82) is 0 Å². The number of rotatable bonds is 3. The van der Waals surface area contributed by atoms with E-state index in [2.05, 4.69) is 4.99 Å². The molecule has 7 nitrogen and oxygen atoms in total. The lowest BCUT2D eigenvalue weighted by atomic mass is 9.93. The first-order valence-electron chi connectivity index (χ1n) is 9.03. The van der Waals surface area contributed by atoms with Crippen LogP contribution in [-0.4, -0.2) is 75.2 Å². The quantitative estimate of drug-likeness (QED) is 0.788. The number of fused-ring (bicyclic) bond motifs is 1. The lowest BCUT2D eigenvalue weighted by Gasteiger charge is -2.37. The van der Waals surface area contributed by atoms with Crippen LogP contribution in [0.25, 0.3) is 0 Å². The second-order valence-corrected chi connectivity index (χ2v) is 9.61. The van der Waals surface area contributed by atoms with Crippen LogP contribution < -0.4 is 0 Å². The highest BCUT2D eigenvalue weighted by Gasteiger charge is 2.49. The first kappa shape index (κ1) is 19.4. The van der Waals surface area contributed by atoms with Gasteiger partial charge in [0.2, 0.25) is 0 Å². The zero-order valence-corrected chi connectivity index (χ0v) is 16.5. The van der Waals surface area contributed by atoms with Crippen LogP contribution in [0.5, 0.6) is 0 Å². The van der Waals surface area contributed by atoms with Gasteiger partial charge in [-0.3, -0.25) is 4.99 Å². The highest BCUT2D eigenvalue weighted by Crippen LogP contribution is 2.43. The Kier molecular flexibility index (Phi) is 5.46.